The van der Waals surface area contributed by atoms with E-state index in [4.69, 9.17) is 0 Å². The maximum atomic E-state index is 14.2. The standard InChI is InChI=1S/C37H38N6O4/c1-20(2)15-27-32(44)40-28(33(45)39-27)17-22-19-38-31-23(22)11-8-13-25(31)37-18-30-34(46)41-29(16-21-9-4-3-5-10-21)35(47)43(30)36(37)42-26-14-7-6-12-24(26)37/h3-14,19-20,27-30,36,38,42H,15-18H2,1-2H3,(H,39,45)(H,40,44)(H,41,46)/t27-,28?,29-,30+,36-,37?/m1/s1. The average Bonchev–Trinajstić information content (AvgIpc) is 3.72. The van der Waals surface area contributed by atoms with Gasteiger partial charge in [-0.1, -0.05) is 80.6 Å². The van der Waals surface area contributed by atoms with Crippen LogP contribution in [0.1, 0.15) is 48.9 Å². The van der Waals surface area contributed by atoms with Gasteiger partial charge in [0.25, 0.3) is 0 Å². The van der Waals surface area contributed by atoms with Crippen molar-refractivity contribution in [2.75, 3.05) is 5.32 Å². The predicted molar refractivity (Wildman–Crippen MR) is 177 cm³/mol. The van der Waals surface area contributed by atoms with E-state index in [1.165, 1.54) is 0 Å². The highest BCUT2D eigenvalue weighted by atomic mass is 16.2. The number of carbonyl (C=O) groups excluding carboxylic acids is 4. The summed E-state index contributed by atoms with van der Waals surface area (Å²) in [6.45, 7) is 4.05. The number of hydrogen-bond acceptors (Lipinski definition) is 5. The maximum absolute atomic E-state index is 14.2. The van der Waals surface area contributed by atoms with E-state index in [0.29, 0.717) is 25.7 Å². The number of anilines is 1. The first-order valence-electron chi connectivity index (χ1n) is 16.5. The lowest BCUT2D eigenvalue weighted by atomic mass is 9.71. The molecule has 4 amide bonds. The van der Waals surface area contributed by atoms with E-state index in [1.807, 2.05) is 80.7 Å². The maximum Gasteiger partial charge on any atom is 0.247 e. The Bertz CT molecular complexity index is 1920. The molecule has 0 spiro atoms. The summed E-state index contributed by atoms with van der Waals surface area (Å²) in [6.07, 6.45) is 3.19. The van der Waals surface area contributed by atoms with E-state index in [-0.39, 0.29) is 29.5 Å². The zero-order valence-electron chi connectivity index (χ0n) is 26.4. The van der Waals surface area contributed by atoms with E-state index < -0.39 is 35.7 Å². The number of H-pyrrole nitrogens is 1. The van der Waals surface area contributed by atoms with E-state index in [2.05, 4.69) is 38.4 Å². The van der Waals surface area contributed by atoms with Crippen molar-refractivity contribution in [1.29, 1.82) is 0 Å². The molecular weight excluding hydrogens is 592 g/mol. The molecule has 4 aliphatic heterocycles. The molecule has 5 heterocycles. The molecule has 2 unspecified atom stereocenters. The third-order valence-electron chi connectivity index (χ3n) is 10.4. The minimum atomic E-state index is -0.710. The number of aromatic amines is 1. The molecule has 0 radical (unpaired) electrons. The molecule has 1 aromatic heterocycles. The Labute approximate surface area is 272 Å². The Balaban J connectivity index is 1.16. The number of carbonyl (C=O) groups is 4. The first-order valence-corrected chi connectivity index (χ1v) is 16.5. The molecule has 3 saturated heterocycles. The Kier molecular flexibility index (Phi) is 6.86. The molecule has 4 aromatic rings. The van der Waals surface area contributed by atoms with Gasteiger partial charge in [0.15, 0.2) is 0 Å². The summed E-state index contributed by atoms with van der Waals surface area (Å²) in [5, 5.41) is 13.5. The molecule has 6 atom stereocenters. The van der Waals surface area contributed by atoms with Crippen molar-refractivity contribution in [3.8, 4) is 0 Å². The Morgan fingerprint density at radius 1 is 0.745 bits per heavy atom. The number of rotatable bonds is 7. The second-order valence-corrected chi connectivity index (χ2v) is 13.8. The van der Waals surface area contributed by atoms with E-state index >= 15 is 0 Å². The molecule has 5 N–H and O–H groups in total. The third kappa shape index (κ3) is 4.60. The van der Waals surface area contributed by atoms with Crippen LogP contribution in [0.2, 0.25) is 0 Å². The van der Waals surface area contributed by atoms with Crippen LogP contribution in [-0.4, -0.2) is 63.8 Å². The SMILES string of the molecule is CC(C)C[C@H]1NC(=O)C(Cc2c[nH]c3c(C45C[C@H]6C(=O)N[C@H](Cc7ccccc7)C(=O)N6[C@H]4Nc4ccccc45)cccc23)NC1=O. The van der Waals surface area contributed by atoms with Crippen molar-refractivity contribution >= 4 is 40.2 Å². The smallest absolute Gasteiger partial charge is 0.247 e. The van der Waals surface area contributed by atoms with Gasteiger partial charge in [0, 0.05) is 35.6 Å². The van der Waals surface area contributed by atoms with Crippen molar-refractivity contribution in [2.45, 2.75) is 75.3 Å². The van der Waals surface area contributed by atoms with Crippen LogP contribution in [0.15, 0.2) is 79.0 Å². The second-order valence-electron chi connectivity index (χ2n) is 13.8. The van der Waals surface area contributed by atoms with Crippen LogP contribution in [0.5, 0.6) is 0 Å². The fraction of sp³-hybridized carbons (Fsp3) is 0.351. The van der Waals surface area contributed by atoms with Gasteiger partial charge in [-0.25, -0.2) is 0 Å². The molecule has 47 heavy (non-hydrogen) atoms. The number of piperazine rings is 2. The van der Waals surface area contributed by atoms with Crippen LogP contribution in [0, 0.1) is 5.92 Å². The summed E-state index contributed by atoms with van der Waals surface area (Å²) < 4.78 is 0. The summed E-state index contributed by atoms with van der Waals surface area (Å²) in [5.74, 6) is -0.307. The predicted octanol–water partition coefficient (Wildman–Crippen LogP) is 3.12. The number of fused-ring (bicyclic) bond motifs is 6. The van der Waals surface area contributed by atoms with E-state index in [1.54, 1.807) is 4.90 Å². The fourth-order valence-corrected chi connectivity index (χ4v) is 8.36. The molecule has 10 heteroatoms. The van der Waals surface area contributed by atoms with E-state index in [0.717, 1.165) is 38.8 Å². The summed E-state index contributed by atoms with van der Waals surface area (Å²) >= 11 is 0. The molecule has 0 aliphatic carbocycles. The average molecular weight is 631 g/mol. The van der Waals surface area contributed by atoms with Crippen LogP contribution in [0.25, 0.3) is 10.9 Å². The van der Waals surface area contributed by atoms with Crippen LogP contribution < -0.4 is 21.3 Å². The van der Waals surface area contributed by atoms with Crippen LogP contribution in [0.4, 0.5) is 5.69 Å². The van der Waals surface area contributed by atoms with Crippen molar-refractivity contribution in [3.63, 3.8) is 0 Å². The topological polar surface area (TPSA) is 135 Å². The zero-order valence-corrected chi connectivity index (χ0v) is 26.4. The molecule has 3 fully saturated rings. The highest BCUT2D eigenvalue weighted by molar-refractivity contribution is 6.00. The molecule has 0 bridgehead atoms. The Morgan fingerprint density at radius 2 is 1.45 bits per heavy atom. The zero-order chi connectivity index (χ0) is 32.4. The summed E-state index contributed by atoms with van der Waals surface area (Å²) in [6, 6.07) is 21.4. The molecule has 4 aliphatic rings. The molecule has 240 valence electrons. The van der Waals surface area contributed by atoms with Crippen LogP contribution in [-0.2, 0) is 37.4 Å². The van der Waals surface area contributed by atoms with Crippen molar-refractivity contribution < 1.29 is 19.2 Å². The van der Waals surface area contributed by atoms with Gasteiger partial charge in [0.2, 0.25) is 23.6 Å². The number of benzene rings is 3. The monoisotopic (exact) mass is 630 g/mol. The molecule has 3 aromatic carbocycles. The highest BCUT2D eigenvalue weighted by Crippen LogP contribution is 2.56. The molecule has 8 rings (SSSR count). The summed E-state index contributed by atoms with van der Waals surface area (Å²) in [5.41, 5.74) is 5.03. The quantitative estimate of drug-likeness (QED) is 0.214. The summed E-state index contributed by atoms with van der Waals surface area (Å²) in [4.78, 5) is 59.2. The molecule has 0 saturated carbocycles. The Hall–Kier alpha value is -5.12. The van der Waals surface area contributed by atoms with Crippen molar-refractivity contribution in [3.05, 3.63) is 101 Å². The third-order valence-corrected chi connectivity index (χ3v) is 10.4. The highest BCUT2D eigenvalue weighted by Gasteiger charge is 2.64. The minimum absolute atomic E-state index is 0.0974. The van der Waals surface area contributed by atoms with Gasteiger partial charge in [-0.15, -0.1) is 0 Å². The largest absolute Gasteiger partial charge is 0.364 e. The summed E-state index contributed by atoms with van der Waals surface area (Å²) in [7, 11) is 0. The van der Waals surface area contributed by atoms with Gasteiger partial charge in [-0.05, 0) is 47.1 Å². The Morgan fingerprint density at radius 3 is 2.26 bits per heavy atom. The van der Waals surface area contributed by atoms with Gasteiger partial charge in [-0.3, -0.25) is 19.2 Å². The molecule has 10 nitrogen and oxygen atoms in total. The number of hydrogen-bond donors (Lipinski definition) is 5. The van der Waals surface area contributed by atoms with Crippen molar-refractivity contribution in [2.24, 2.45) is 5.92 Å². The van der Waals surface area contributed by atoms with Gasteiger partial charge in [0.1, 0.15) is 30.3 Å². The fourth-order valence-electron chi connectivity index (χ4n) is 8.36. The van der Waals surface area contributed by atoms with Crippen molar-refractivity contribution in [1.82, 2.24) is 25.8 Å². The van der Waals surface area contributed by atoms with Gasteiger partial charge >= 0.3 is 0 Å². The van der Waals surface area contributed by atoms with Gasteiger partial charge < -0.3 is 31.2 Å². The number of nitrogens with one attached hydrogen (secondary N) is 5. The molecular formula is C37H38N6O4. The number of nitrogens with zero attached hydrogens (tertiary/aromatic N) is 1. The van der Waals surface area contributed by atoms with Gasteiger partial charge in [-0.2, -0.15) is 0 Å². The first kappa shape index (κ1) is 29.3. The second kappa shape index (κ2) is 11.0. The number of amides is 4. The lowest BCUT2D eigenvalue weighted by Crippen LogP contribution is -2.64. The normalized spacial score (nSPS) is 28.0. The number of aromatic nitrogens is 1. The van der Waals surface area contributed by atoms with Crippen LogP contribution in [0.3, 0.4) is 0 Å². The van der Waals surface area contributed by atoms with Gasteiger partial charge in [0.05, 0.1) is 5.41 Å². The first-order chi connectivity index (χ1) is 22.7. The van der Waals surface area contributed by atoms with E-state index in [9.17, 15) is 19.2 Å². The lowest BCUT2D eigenvalue weighted by Gasteiger charge is -2.38. The number of para-hydroxylation sites is 2. The lowest BCUT2D eigenvalue weighted by molar-refractivity contribution is -0.148. The minimum Gasteiger partial charge on any atom is -0.364 e. The van der Waals surface area contributed by atoms with Crippen LogP contribution >= 0.6 is 0 Å².